The summed E-state index contributed by atoms with van der Waals surface area (Å²) < 4.78 is 7.72. The molecule has 0 spiro atoms. The lowest BCUT2D eigenvalue weighted by Gasteiger charge is -2.31. The standard InChI is InChI=1S/C27H24BrN3O5S2/c1-15-2-8-18(9-3-15)31-24(33)21-20(16-4-6-17(28)7-5-16)23-26(37-22(21)25(31)34)30(27(35)38-23)14-19(32)29-10-12-36-13-11-29/h2-9,20-22H,10-14H2,1H3. The molecule has 2 aromatic carbocycles. The molecule has 0 bridgehead atoms. The number of amides is 3. The summed E-state index contributed by atoms with van der Waals surface area (Å²) in [5.74, 6) is -1.87. The first-order valence-corrected chi connectivity index (χ1v) is 14.8. The third-order valence-electron chi connectivity index (χ3n) is 7.23. The van der Waals surface area contributed by atoms with Crippen LogP contribution >= 0.6 is 39.0 Å². The first-order valence-electron chi connectivity index (χ1n) is 12.3. The van der Waals surface area contributed by atoms with Gasteiger partial charge in [-0.2, -0.15) is 0 Å². The fourth-order valence-electron chi connectivity index (χ4n) is 5.28. The lowest BCUT2D eigenvalue weighted by molar-refractivity contribution is -0.136. The van der Waals surface area contributed by atoms with Gasteiger partial charge in [0.1, 0.15) is 11.8 Å². The second-order valence-electron chi connectivity index (χ2n) is 9.56. The van der Waals surface area contributed by atoms with E-state index in [4.69, 9.17) is 4.74 Å². The third kappa shape index (κ3) is 4.35. The molecule has 8 nitrogen and oxygen atoms in total. The van der Waals surface area contributed by atoms with Gasteiger partial charge in [0.25, 0.3) is 0 Å². The predicted molar refractivity (Wildman–Crippen MR) is 149 cm³/mol. The van der Waals surface area contributed by atoms with Crippen LogP contribution in [0.2, 0.25) is 0 Å². The van der Waals surface area contributed by atoms with Crippen molar-refractivity contribution in [2.45, 2.75) is 29.7 Å². The summed E-state index contributed by atoms with van der Waals surface area (Å²) in [5.41, 5.74) is 2.42. The van der Waals surface area contributed by atoms with Crippen LogP contribution in [-0.2, 0) is 25.7 Å². The van der Waals surface area contributed by atoms with E-state index in [1.807, 2.05) is 43.3 Å². The molecule has 3 amide bonds. The van der Waals surface area contributed by atoms with E-state index in [-0.39, 0.29) is 29.1 Å². The Morgan fingerprint density at radius 3 is 2.37 bits per heavy atom. The van der Waals surface area contributed by atoms with E-state index in [9.17, 15) is 19.2 Å². The molecular formula is C27H24BrN3O5S2. The van der Waals surface area contributed by atoms with Crippen molar-refractivity contribution in [3.8, 4) is 0 Å². The van der Waals surface area contributed by atoms with E-state index in [0.29, 0.717) is 37.0 Å². The molecule has 0 N–H and O–H groups in total. The van der Waals surface area contributed by atoms with Crippen molar-refractivity contribution in [1.82, 2.24) is 9.47 Å². The number of hydrogen-bond donors (Lipinski definition) is 0. The van der Waals surface area contributed by atoms with Gasteiger partial charge < -0.3 is 9.64 Å². The minimum atomic E-state index is -0.705. The number of fused-ring (bicyclic) bond motifs is 2. The molecule has 3 aliphatic heterocycles. The highest BCUT2D eigenvalue weighted by molar-refractivity contribution is 9.10. The average Bonchev–Trinajstić information content (AvgIpc) is 3.36. The zero-order valence-electron chi connectivity index (χ0n) is 20.5. The second kappa shape index (κ2) is 10.1. The predicted octanol–water partition coefficient (Wildman–Crippen LogP) is 3.64. The summed E-state index contributed by atoms with van der Waals surface area (Å²) in [6.07, 6.45) is 0. The second-order valence-corrected chi connectivity index (χ2v) is 12.6. The quantitative estimate of drug-likeness (QED) is 0.418. The number of aromatic nitrogens is 1. The van der Waals surface area contributed by atoms with Crippen molar-refractivity contribution >= 4 is 62.4 Å². The molecule has 0 aliphatic carbocycles. The Morgan fingerprint density at radius 2 is 1.68 bits per heavy atom. The normalized spacial score (nSPS) is 22.9. The summed E-state index contributed by atoms with van der Waals surface area (Å²) >= 11 is 5.77. The largest absolute Gasteiger partial charge is 0.378 e. The molecule has 4 heterocycles. The Kier molecular flexibility index (Phi) is 6.79. The van der Waals surface area contributed by atoms with Gasteiger partial charge in [0.15, 0.2) is 0 Å². The summed E-state index contributed by atoms with van der Waals surface area (Å²) in [6, 6.07) is 15.0. The molecule has 3 aromatic rings. The monoisotopic (exact) mass is 613 g/mol. The Bertz CT molecular complexity index is 1480. The van der Waals surface area contributed by atoms with Gasteiger partial charge in [0, 0.05) is 28.4 Å². The van der Waals surface area contributed by atoms with Gasteiger partial charge >= 0.3 is 4.87 Å². The molecule has 38 heavy (non-hydrogen) atoms. The van der Waals surface area contributed by atoms with Crippen LogP contribution < -0.4 is 9.77 Å². The van der Waals surface area contributed by atoms with Crippen LogP contribution in [0.4, 0.5) is 5.69 Å². The summed E-state index contributed by atoms with van der Waals surface area (Å²) in [6.45, 7) is 3.75. The van der Waals surface area contributed by atoms with Gasteiger partial charge in [0.05, 0.1) is 29.8 Å². The van der Waals surface area contributed by atoms with Gasteiger partial charge in [-0.15, -0.1) is 0 Å². The number of benzene rings is 2. The minimum Gasteiger partial charge on any atom is -0.378 e. The Balaban J connectivity index is 1.43. The maximum Gasteiger partial charge on any atom is 0.308 e. The maximum atomic E-state index is 13.9. The molecule has 196 valence electrons. The Hall–Kier alpha value is -2.73. The number of nitrogens with zero attached hydrogens (tertiary/aromatic N) is 3. The number of thiazole rings is 1. The zero-order chi connectivity index (χ0) is 26.6. The first-order chi connectivity index (χ1) is 18.3. The van der Waals surface area contributed by atoms with E-state index in [0.717, 1.165) is 31.8 Å². The molecule has 11 heteroatoms. The van der Waals surface area contributed by atoms with Crippen LogP contribution in [-0.4, -0.2) is 58.7 Å². The summed E-state index contributed by atoms with van der Waals surface area (Å²) in [7, 11) is 0. The highest BCUT2D eigenvalue weighted by Gasteiger charge is 2.56. The van der Waals surface area contributed by atoms with E-state index in [1.54, 1.807) is 17.0 Å². The summed E-state index contributed by atoms with van der Waals surface area (Å²) in [4.78, 5) is 57.4. The zero-order valence-corrected chi connectivity index (χ0v) is 23.7. The molecule has 2 fully saturated rings. The van der Waals surface area contributed by atoms with Gasteiger partial charge in [-0.05, 0) is 36.8 Å². The van der Waals surface area contributed by atoms with Crippen LogP contribution in [0, 0.1) is 12.8 Å². The summed E-state index contributed by atoms with van der Waals surface area (Å²) in [5, 5.41) is -0.105. The number of morpholine rings is 1. The van der Waals surface area contributed by atoms with Crippen LogP contribution in [0.1, 0.15) is 21.9 Å². The Labute approximate surface area is 235 Å². The number of thioether (sulfide) groups is 1. The van der Waals surface area contributed by atoms with E-state index in [2.05, 4.69) is 15.9 Å². The highest BCUT2D eigenvalue weighted by atomic mass is 79.9. The van der Waals surface area contributed by atoms with Crippen molar-refractivity contribution in [3.63, 3.8) is 0 Å². The number of ether oxygens (including phenoxy) is 1. The van der Waals surface area contributed by atoms with Crippen LogP contribution in [0.5, 0.6) is 0 Å². The van der Waals surface area contributed by atoms with Gasteiger partial charge in [-0.25, -0.2) is 4.90 Å². The lowest BCUT2D eigenvalue weighted by atomic mass is 9.83. The fourth-order valence-corrected chi connectivity index (χ4v) is 8.32. The van der Waals surface area contributed by atoms with Gasteiger partial charge in [0.2, 0.25) is 17.7 Å². The van der Waals surface area contributed by atoms with E-state index in [1.165, 1.54) is 21.2 Å². The Morgan fingerprint density at radius 1 is 1.00 bits per heavy atom. The SMILES string of the molecule is Cc1ccc(N2C(=O)C3Sc4c(sc(=O)n4CC(=O)N4CCOCC4)C(c4ccc(Br)cc4)C3C2=O)cc1. The topological polar surface area (TPSA) is 88.9 Å². The smallest absolute Gasteiger partial charge is 0.308 e. The number of carbonyl (C=O) groups excluding carboxylic acids is 3. The maximum absolute atomic E-state index is 13.9. The number of rotatable bonds is 4. The molecule has 3 aliphatic rings. The van der Waals surface area contributed by atoms with Crippen molar-refractivity contribution in [2.24, 2.45) is 5.92 Å². The highest BCUT2D eigenvalue weighted by Crippen LogP contribution is 2.53. The molecule has 2 saturated heterocycles. The average molecular weight is 615 g/mol. The van der Waals surface area contributed by atoms with Crippen molar-refractivity contribution in [1.29, 1.82) is 0 Å². The molecule has 1 aromatic heterocycles. The van der Waals surface area contributed by atoms with Gasteiger partial charge in [-0.1, -0.05) is 68.9 Å². The van der Waals surface area contributed by atoms with Crippen molar-refractivity contribution in [3.05, 3.63) is 78.7 Å². The lowest BCUT2D eigenvalue weighted by Crippen LogP contribution is -2.43. The van der Waals surface area contributed by atoms with Crippen LogP contribution in [0.3, 0.4) is 0 Å². The number of imide groups is 1. The number of hydrogen-bond acceptors (Lipinski definition) is 7. The third-order valence-corrected chi connectivity index (χ3v) is 10.4. The minimum absolute atomic E-state index is 0.105. The van der Waals surface area contributed by atoms with Crippen molar-refractivity contribution < 1.29 is 19.1 Å². The fraction of sp³-hybridized carbons (Fsp3) is 0.333. The molecule has 3 unspecified atom stereocenters. The van der Waals surface area contributed by atoms with Gasteiger partial charge in [-0.3, -0.25) is 23.7 Å². The molecule has 6 rings (SSSR count). The number of carbonyl (C=O) groups is 3. The van der Waals surface area contributed by atoms with E-state index >= 15 is 0 Å². The molecular weight excluding hydrogens is 590 g/mol. The van der Waals surface area contributed by atoms with Crippen molar-refractivity contribution in [2.75, 3.05) is 31.2 Å². The number of anilines is 1. The van der Waals surface area contributed by atoms with Crippen LogP contribution in [0.25, 0.3) is 0 Å². The molecule has 3 atom stereocenters. The first kappa shape index (κ1) is 25.5. The molecule has 0 radical (unpaired) electrons. The van der Waals surface area contributed by atoms with E-state index < -0.39 is 17.1 Å². The number of aryl methyl sites for hydroxylation is 1. The number of halogens is 1. The van der Waals surface area contributed by atoms with Crippen LogP contribution in [0.15, 0.2) is 62.8 Å². The molecule has 0 saturated carbocycles.